The van der Waals surface area contributed by atoms with Crippen LogP contribution in [0.4, 0.5) is 19.0 Å². The molecule has 4 rings (SSSR count). The summed E-state index contributed by atoms with van der Waals surface area (Å²) in [5, 5.41) is 3.70. The molecule has 1 heterocycles. The first-order chi connectivity index (χ1) is 15.9. The van der Waals surface area contributed by atoms with E-state index in [0.29, 0.717) is 39.5 Å². The molecule has 0 saturated heterocycles. The quantitative estimate of drug-likeness (QED) is 0.365. The molecule has 170 valence electrons. The van der Waals surface area contributed by atoms with Gasteiger partial charge in [0, 0.05) is 18.0 Å². The van der Waals surface area contributed by atoms with Crippen molar-refractivity contribution in [2.45, 2.75) is 12.7 Å². The minimum Gasteiger partial charge on any atom is -0.493 e. The fourth-order valence-electron chi connectivity index (χ4n) is 3.25. The number of para-hydroxylation sites is 1. The van der Waals surface area contributed by atoms with Gasteiger partial charge in [-0.1, -0.05) is 30.3 Å². The summed E-state index contributed by atoms with van der Waals surface area (Å²) >= 11 is 0. The summed E-state index contributed by atoms with van der Waals surface area (Å²) in [5.41, 5.74) is 0.247. The largest absolute Gasteiger partial charge is 0.493 e. The monoisotopic (exact) mass is 455 g/mol. The number of anilines is 1. The second-order valence-corrected chi connectivity index (χ2v) is 7.05. The molecule has 0 saturated carbocycles. The van der Waals surface area contributed by atoms with Gasteiger partial charge in [0.25, 0.3) is 0 Å². The molecule has 0 bridgehead atoms. The lowest BCUT2D eigenvalue weighted by Crippen LogP contribution is -2.08. The number of nitrogens with one attached hydrogen (secondary N) is 1. The van der Waals surface area contributed by atoms with Crippen molar-refractivity contribution in [1.29, 1.82) is 0 Å². The number of alkyl halides is 3. The zero-order valence-corrected chi connectivity index (χ0v) is 17.8. The summed E-state index contributed by atoms with van der Waals surface area (Å²) in [5.74, 6) is 1.86. The van der Waals surface area contributed by atoms with Gasteiger partial charge in [0.15, 0.2) is 11.5 Å². The van der Waals surface area contributed by atoms with Crippen LogP contribution in [-0.2, 0) is 12.7 Å². The van der Waals surface area contributed by atoms with E-state index in [1.165, 1.54) is 20.3 Å². The normalized spacial score (nSPS) is 11.3. The average molecular weight is 455 g/mol. The fourth-order valence-corrected chi connectivity index (χ4v) is 3.25. The Bertz CT molecular complexity index is 1260. The SMILES string of the molecule is COc1cc2nc(Oc3ccccc3)nc(NCc3cccc(C(F)(F)F)c3)c2cc1OC. The first-order valence-corrected chi connectivity index (χ1v) is 9.94. The molecule has 0 aliphatic rings. The van der Waals surface area contributed by atoms with Gasteiger partial charge in [0.05, 0.1) is 25.3 Å². The van der Waals surface area contributed by atoms with Gasteiger partial charge in [-0.15, -0.1) is 0 Å². The van der Waals surface area contributed by atoms with Crippen molar-refractivity contribution in [1.82, 2.24) is 9.97 Å². The van der Waals surface area contributed by atoms with Crippen LogP contribution >= 0.6 is 0 Å². The lowest BCUT2D eigenvalue weighted by atomic mass is 10.1. The Balaban J connectivity index is 1.72. The van der Waals surface area contributed by atoms with E-state index >= 15 is 0 Å². The Morgan fingerprint density at radius 3 is 2.27 bits per heavy atom. The lowest BCUT2D eigenvalue weighted by molar-refractivity contribution is -0.137. The van der Waals surface area contributed by atoms with E-state index < -0.39 is 11.7 Å². The highest BCUT2D eigenvalue weighted by Crippen LogP contribution is 2.36. The van der Waals surface area contributed by atoms with Crippen LogP contribution in [0.1, 0.15) is 11.1 Å². The zero-order valence-electron chi connectivity index (χ0n) is 17.8. The van der Waals surface area contributed by atoms with Gasteiger partial charge in [0.2, 0.25) is 0 Å². The number of halogens is 3. The van der Waals surface area contributed by atoms with Gasteiger partial charge in [-0.2, -0.15) is 23.1 Å². The third kappa shape index (κ3) is 5.08. The van der Waals surface area contributed by atoms with Crippen LogP contribution in [0.15, 0.2) is 66.7 Å². The van der Waals surface area contributed by atoms with Gasteiger partial charge < -0.3 is 19.5 Å². The van der Waals surface area contributed by atoms with E-state index in [1.54, 1.807) is 30.3 Å². The summed E-state index contributed by atoms with van der Waals surface area (Å²) in [7, 11) is 3.02. The highest BCUT2D eigenvalue weighted by atomic mass is 19.4. The molecule has 0 fully saturated rings. The second-order valence-electron chi connectivity index (χ2n) is 7.05. The second kappa shape index (κ2) is 9.23. The van der Waals surface area contributed by atoms with Gasteiger partial charge in [0.1, 0.15) is 11.6 Å². The van der Waals surface area contributed by atoms with Crippen molar-refractivity contribution in [3.8, 4) is 23.3 Å². The standard InChI is InChI=1S/C24H20F3N3O3/c1-31-20-12-18-19(13-21(20)32-2)29-23(33-17-9-4-3-5-10-17)30-22(18)28-14-15-7-6-8-16(11-15)24(25,26)27/h3-13H,14H2,1-2H3,(H,28,29,30). The van der Waals surface area contributed by atoms with Gasteiger partial charge in [-0.3, -0.25) is 0 Å². The first-order valence-electron chi connectivity index (χ1n) is 9.94. The third-order valence-electron chi connectivity index (χ3n) is 4.85. The van der Waals surface area contributed by atoms with Gasteiger partial charge in [-0.25, -0.2) is 0 Å². The summed E-state index contributed by atoms with van der Waals surface area (Å²) in [6.07, 6.45) is -4.42. The van der Waals surface area contributed by atoms with Crippen molar-refractivity contribution >= 4 is 16.7 Å². The Morgan fingerprint density at radius 2 is 1.58 bits per heavy atom. The maximum atomic E-state index is 13.1. The molecular weight excluding hydrogens is 435 g/mol. The number of ether oxygens (including phenoxy) is 3. The maximum absolute atomic E-state index is 13.1. The Labute approximate surface area is 188 Å². The topological polar surface area (TPSA) is 65.5 Å². The van der Waals surface area contributed by atoms with Gasteiger partial charge in [-0.05, 0) is 35.9 Å². The molecule has 0 radical (unpaired) electrons. The Kier molecular flexibility index (Phi) is 6.21. The number of rotatable bonds is 7. The van der Waals surface area contributed by atoms with Crippen LogP contribution in [0, 0.1) is 0 Å². The number of fused-ring (bicyclic) bond motifs is 1. The minimum atomic E-state index is -4.42. The molecule has 9 heteroatoms. The van der Waals surface area contributed by atoms with Crippen LogP contribution in [0.25, 0.3) is 10.9 Å². The van der Waals surface area contributed by atoms with E-state index in [0.717, 1.165) is 12.1 Å². The van der Waals surface area contributed by atoms with Crippen LogP contribution in [0.2, 0.25) is 0 Å². The summed E-state index contributed by atoms with van der Waals surface area (Å²) in [6, 6.07) is 17.6. The zero-order chi connectivity index (χ0) is 23.4. The number of hydrogen-bond acceptors (Lipinski definition) is 6. The molecule has 0 aliphatic heterocycles. The molecule has 33 heavy (non-hydrogen) atoms. The van der Waals surface area contributed by atoms with Crippen LogP contribution in [0.3, 0.4) is 0 Å². The van der Waals surface area contributed by atoms with Crippen molar-refractivity contribution < 1.29 is 27.4 Å². The number of aromatic nitrogens is 2. The maximum Gasteiger partial charge on any atom is 0.416 e. The van der Waals surface area contributed by atoms with Crippen LogP contribution in [-0.4, -0.2) is 24.2 Å². The highest BCUT2D eigenvalue weighted by Gasteiger charge is 2.30. The lowest BCUT2D eigenvalue weighted by Gasteiger charge is -2.14. The Morgan fingerprint density at radius 1 is 0.848 bits per heavy atom. The Hall–Kier alpha value is -4.01. The van der Waals surface area contributed by atoms with Crippen LogP contribution < -0.4 is 19.5 Å². The molecule has 3 aromatic carbocycles. The fraction of sp³-hybridized carbons (Fsp3) is 0.167. The molecule has 1 N–H and O–H groups in total. The average Bonchev–Trinajstić information content (AvgIpc) is 2.82. The van der Waals surface area contributed by atoms with Crippen molar-refractivity contribution in [3.05, 3.63) is 77.9 Å². The predicted octanol–water partition coefficient (Wildman–Crippen LogP) is 6.07. The number of methoxy groups -OCH3 is 2. The number of benzene rings is 3. The third-order valence-corrected chi connectivity index (χ3v) is 4.85. The predicted molar refractivity (Wildman–Crippen MR) is 118 cm³/mol. The molecular formula is C24H20F3N3O3. The number of nitrogens with zero attached hydrogens (tertiary/aromatic N) is 2. The van der Waals surface area contributed by atoms with E-state index in [4.69, 9.17) is 14.2 Å². The van der Waals surface area contributed by atoms with E-state index in [-0.39, 0.29) is 12.6 Å². The van der Waals surface area contributed by atoms with Crippen LogP contribution in [0.5, 0.6) is 23.3 Å². The van der Waals surface area contributed by atoms with Crippen molar-refractivity contribution in [2.75, 3.05) is 19.5 Å². The number of hydrogen-bond donors (Lipinski definition) is 1. The van der Waals surface area contributed by atoms with E-state index in [9.17, 15) is 13.2 Å². The summed E-state index contributed by atoms with van der Waals surface area (Å²) in [6.45, 7) is 0.106. The first kappa shape index (κ1) is 22.2. The molecule has 1 aromatic heterocycles. The minimum absolute atomic E-state index is 0.0764. The smallest absolute Gasteiger partial charge is 0.416 e. The summed E-state index contributed by atoms with van der Waals surface area (Å²) < 4.78 is 55.7. The molecule has 4 aromatic rings. The van der Waals surface area contributed by atoms with Crippen molar-refractivity contribution in [3.63, 3.8) is 0 Å². The molecule has 6 nitrogen and oxygen atoms in total. The van der Waals surface area contributed by atoms with Gasteiger partial charge >= 0.3 is 12.2 Å². The molecule has 0 aliphatic carbocycles. The highest BCUT2D eigenvalue weighted by molar-refractivity contribution is 5.92. The van der Waals surface area contributed by atoms with E-state index in [2.05, 4.69) is 15.3 Å². The van der Waals surface area contributed by atoms with E-state index in [1.807, 2.05) is 18.2 Å². The molecule has 0 amide bonds. The molecule has 0 unspecified atom stereocenters. The molecule has 0 atom stereocenters. The molecule has 0 spiro atoms. The van der Waals surface area contributed by atoms with Crippen molar-refractivity contribution in [2.24, 2.45) is 0 Å². The summed E-state index contributed by atoms with van der Waals surface area (Å²) in [4.78, 5) is 8.91.